The zero-order valence-corrected chi connectivity index (χ0v) is 9.21. The number of thiophene rings is 1. The summed E-state index contributed by atoms with van der Waals surface area (Å²) in [7, 11) is 1.61. The molecular formula is C9H6BrFOS. The van der Waals surface area contributed by atoms with Gasteiger partial charge in [-0.25, -0.2) is 4.39 Å². The van der Waals surface area contributed by atoms with Crippen LogP contribution in [0.4, 0.5) is 4.39 Å². The van der Waals surface area contributed by atoms with Crippen molar-refractivity contribution in [3.8, 4) is 5.75 Å². The molecule has 0 atom stereocenters. The fourth-order valence-corrected chi connectivity index (χ4v) is 3.03. The van der Waals surface area contributed by atoms with Crippen LogP contribution in [0.15, 0.2) is 22.0 Å². The molecule has 0 unspecified atom stereocenters. The quantitative estimate of drug-likeness (QED) is 0.758. The molecule has 13 heavy (non-hydrogen) atoms. The second kappa shape index (κ2) is 3.27. The predicted octanol–water partition coefficient (Wildman–Crippen LogP) is 3.81. The normalized spacial score (nSPS) is 10.7. The first-order valence-corrected chi connectivity index (χ1v) is 5.25. The van der Waals surface area contributed by atoms with Crippen molar-refractivity contribution in [1.82, 2.24) is 0 Å². The Morgan fingerprint density at radius 1 is 1.46 bits per heavy atom. The van der Waals surface area contributed by atoms with Crippen LogP contribution in [0.2, 0.25) is 0 Å². The number of fused-ring (bicyclic) bond motifs is 1. The van der Waals surface area contributed by atoms with Crippen molar-refractivity contribution in [2.45, 2.75) is 0 Å². The Morgan fingerprint density at radius 3 is 2.92 bits per heavy atom. The van der Waals surface area contributed by atoms with Gasteiger partial charge in [-0.3, -0.25) is 0 Å². The number of hydrogen-bond donors (Lipinski definition) is 0. The lowest BCUT2D eigenvalue weighted by molar-refractivity contribution is 0.419. The molecule has 1 aromatic carbocycles. The number of hydrogen-bond acceptors (Lipinski definition) is 2. The van der Waals surface area contributed by atoms with Gasteiger partial charge in [0, 0.05) is 10.1 Å². The molecular weight excluding hydrogens is 255 g/mol. The molecule has 2 aromatic rings. The molecule has 0 aliphatic rings. The van der Waals surface area contributed by atoms with Crippen LogP contribution >= 0.6 is 27.3 Å². The van der Waals surface area contributed by atoms with Gasteiger partial charge in [0.05, 0.1) is 7.11 Å². The first-order chi connectivity index (χ1) is 6.22. The Morgan fingerprint density at radius 2 is 2.23 bits per heavy atom. The third-order valence-electron chi connectivity index (χ3n) is 1.77. The molecule has 0 aliphatic heterocycles. The van der Waals surface area contributed by atoms with E-state index in [-0.39, 0.29) is 5.82 Å². The van der Waals surface area contributed by atoms with Crippen molar-refractivity contribution in [3.63, 3.8) is 0 Å². The lowest BCUT2D eigenvalue weighted by Crippen LogP contribution is -1.80. The molecule has 0 spiro atoms. The van der Waals surface area contributed by atoms with Crippen molar-refractivity contribution in [2.24, 2.45) is 0 Å². The van der Waals surface area contributed by atoms with Crippen LogP contribution in [0.25, 0.3) is 10.1 Å². The van der Waals surface area contributed by atoms with E-state index in [4.69, 9.17) is 4.74 Å². The number of methoxy groups -OCH3 is 1. The number of rotatable bonds is 1. The van der Waals surface area contributed by atoms with Crippen molar-refractivity contribution in [3.05, 3.63) is 27.8 Å². The number of ether oxygens (including phenoxy) is 1. The maximum absolute atomic E-state index is 12.8. The summed E-state index contributed by atoms with van der Waals surface area (Å²) in [6.45, 7) is 0. The third kappa shape index (κ3) is 1.44. The third-order valence-corrected chi connectivity index (χ3v) is 3.54. The molecule has 0 bridgehead atoms. The first-order valence-electron chi connectivity index (χ1n) is 3.64. The van der Waals surface area contributed by atoms with Crippen LogP contribution < -0.4 is 4.74 Å². The van der Waals surface area contributed by atoms with Gasteiger partial charge in [0.2, 0.25) is 0 Å². The molecule has 0 N–H and O–H groups in total. The summed E-state index contributed by atoms with van der Waals surface area (Å²) in [6, 6.07) is 4.67. The van der Waals surface area contributed by atoms with Gasteiger partial charge in [-0.1, -0.05) is 0 Å². The zero-order chi connectivity index (χ0) is 9.42. The minimum Gasteiger partial charge on any atom is -0.494 e. The van der Waals surface area contributed by atoms with Crippen LogP contribution in [0.1, 0.15) is 0 Å². The van der Waals surface area contributed by atoms with Crippen LogP contribution in [-0.4, -0.2) is 7.11 Å². The highest BCUT2D eigenvalue weighted by molar-refractivity contribution is 9.11. The fraction of sp³-hybridized carbons (Fsp3) is 0.111. The van der Waals surface area contributed by atoms with Gasteiger partial charge in [-0.15, -0.1) is 11.3 Å². The summed E-state index contributed by atoms with van der Waals surface area (Å²) < 4.78 is 19.8. The topological polar surface area (TPSA) is 9.23 Å². The van der Waals surface area contributed by atoms with Crippen LogP contribution in [-0.2, 0) is 0 Å². The molecule has 0 radical (unpaired) electrons. The second-order valence-corrected chi connectivity index (χ2v) is 4.92. The molecule has 0 amide bonds. The molecule has 4 heteroatoms. The monoisotopic (exact) mass is 260 g/mol. The summed E-state index contributed by atoms with van der Waals surface area (Å²) in [5.41, 5.74) is 0. The van der Waals surface area contributed by atoms with Crippen LogP contribution in [0.3, 0.4) is 0 Å². The molecule has 2 rings (SSSR count). The average molecular weight is 261 g/mol. The number of halogens is 2. The van der Waals surface area contributed by atoms with Gasteiger partial charge in [-0.05, 0) is 34.1 Å². The van der Waals surface area contributed by atoms with E-state index in [9.17, 15) is 4.39 Å². The largest absolute Gasteiger partial charge is 0.494 e. The summed E-state index contributed by atoms with van der Waals surface area (Å²) in [5.74, 6) is 0.559. The highest BCUT2D eigenvalue weighted by Crippen LogP contribution is 2.41. The van der Waals surface area contributed by atoms with E-state index >= 15 is 0 Å². The van der Waals surface area contributed by atoms with E-state index in [1.807, 2.05) is 0 Å². The molecule has 0 aliphatic carbocycles. The van der Waals surface area contributed by atoms with Crippen molar-refractivity contribution in [1.29, 1.82) is 0 Å². The summed E-state index contributed by atoms with van der Waals surface area (Å²) >= 11 is 4.83. The van der Waals surface area contributed by atoms with E-state index in [1.54, 1.807) is 13.2 Å². The molecule has 1 aromatic heterocycles. The van der Waals surface area contributed by atoms with Crippen LogP contribution in [0, 0.1) is 5.82 Å². The Hall–Kier alpha value is -0.610. The predicted molar refractivity (Wildman–Crippen MR) is 56.0 cm³/mol. The van der Waals surface area contributed by atoms with Gasteiger partial charge in [-0.2, -0.15) is 0 Å². The maximum atomic E-state index is 12.8. The Labute approximate surface area is 87.3 Å². The minimum absolute atomic E-state index is 0.219. The fourth-order valence-electron chi connectivity index (χ4n) is 1.21. The molecule has 0 fully saturated rings. The standard InChI is InChI=1S/C9H6BrFOS/c1-12-8-6-3-2-5(11)4-7(6)13-9(8)10/h2-4H,1H3. The van der Waals surface area contributed by atoms with Crippen molar-refractivity contribution < 1.29 is 9.13 Å². The molecule has 1 nitrogen and oxygen atoms in total. The summed E-state index contributed by atoms with van der Waals surface area (Å²) in [4.78, 5) is 0. The van der Waals surface area contributed by atoms with Gasteiger partial charge >= 0.3 is 0 Å². The smallest absolute Gasteiger partial charge is 0.151 e. The van der Waals surface area contributed by atoms with E-state index in [0.717, 1.165) is 19.6 Å². The molecule has 0 saturated heterocycles. The average Bonchev–Trinajstić information content (AvgIpc) is 2.39. The first kappa shape index (κ1) is 8.97. The second-order valence-electron chi connectivity index (χ2n) is 2.55. The SMILES string of the molecule is COc1c(Br)sc2cc(F)ccc12. The minimum atomic E-state index is -0.219. The van der Waals surface area contributed by atoms with Gasteiger partial charge in [0.25, 0.3) is 0 Å². The van der Waals surface area contributed by atoms with E-state index < -0.39 is 0 Å². The lowest BCUT2D eigenvalue weighted by Gasteiger charge is -1.96. The van der Waals surface area contributed by atoms with Crippen molar-refractivity contribution >= 4 is 37.4 Å². The summed E-state index contributed by atoms with van der Waals surface area (Å²) in [5, 5.41) is 0.945. The zero-order valence-electron chi connectivity index (χ0n) is 6.80. The molecule has 1 heterocycles. The van der Waals surface area contributed by atoms with E-state index in [2.05, 4.69) is 15.9 Å². The maximum Gasteiger partial charge on any atom is 0.151 e. The van der Waals surface area contributed by atoms with E-state index in [0.29, 0.717) is 0 Å². The van der Waals surface area contributed by atoms with Crippen LogP contribution in [0.5, 0.6) is 5.75 Å². The highest BCUT2D eigenvalue weighted by Gasteiger charge is 2.10. The van der Waals surface area contributed by atoms with Crippen molar-refractivity contribution in [2.75, 3.05) is 7.11 Å². The Bertz CT molecular complexity index is 452. The Balaban J connectivity index is 2.79. The number of benzene rings is 1. The van der Waals surface area contributed by atoms with Gasteiger partial charge < -0.3 is 4.74 Å². The Kier molecular flexibility index (Phi) is 2.26. The van der Waals surface area contributed by atoms with Gasteiger partial charge in [0.15, 0.2) is 5.75 Å². The molecule has 0 saturated carbocycles. The summed E-state index contributed by atoms with van der Waals surface area (Å²) in [6.07, 6.45) is 0. The lowest BCUT2D eigenvalue weighted by atomic mass is 10.2. The highest BCUT2D eigenvalue weighted by atomic mass is 79.9. The molecule has 68 valence electrons. The van der Waals surface area contributed by atoms with Gasteiger partial charge in [0.1, 0.15) is 9.60 Å². The van der Waals surface area contributed by atoms with E-state index in [1.165, 1.54) is 23.5 Å².